The summed E-state index contributed by atoms with van der Waals surface area (Å²) >= 11 is 1.30. The Bertz CT molecular complexity index is 745. The number of hydrogen-bond acceptors (Lipinski definition) is 5. The van der Waals surface area contributed by atoms with Crippen molar-refractivity contribution in [3.8, 4) is 11.5 Å². The highest BCUT2D eigenvalue weighted by atomic mass is 32.2. The number of rotatable bonds is 5. The molecule has 1 amide bonds. The Labute approximate surface area is 145 Å². The van der Waals surface area contributed by atoms with Crippen molar-refractivity contribution in [3.05, 3.63) is 29.8 Å². The molecule has 1 heterocycles. The maximum Gasteiger partial charge on any atom is 0.277 e. The van der Waals surface area contributed by atoms with Gasteiger partial charge in [0, 0.05) is 11.6 Å². The molecule has 1 aromatic heterocycles. The predicted molar refractivity (Wildman–Crippen MR) is 92.6 cm³/mol. The van der Waals surface area contributed by atoms with Gasteiger partial charge in [-0.2, -0.15) is 0 Å². The molecule has 0 aliphatic heterocycles. The average molecular weight is 343 g/mol. The number of amides is 1. The van der Waals surface area contributed by atoms with Crippen LogP contribution in [0.5, 0.6) is 0 Å². The van der Waals surface area contributed by atoms with E-state index in [2.05, 4.69) is 15.5 Å². The van der Waals surface area contributed by atoms with E-state index in [-0.39, 0.29) is 5.91 Å². The molecule has 2 saturated carbocycles. The van der Waals surface area contributed by atoms with E-state index in [1.165, 1.54) is 31.0 Å². The van der Waals surface area contributed by atoms with Gasteiger partial charge in [-0.3, -0.25) is 4.79 Å². The molecule has 126 valence electrons. The van der Waals surface area contributed by atoms with E-state index in [0.717, 1.165) is 23.5 Å². The van der Waals surface area contributed by atoms with Gasteiger partial charge in [0.1, 0.15) is 0 Å². The quantitative estimate of drug-likeness (QED) is 0.842. The predicted octanol–water partition coefficient (Wildman–Crippen LogP) is 3.44. The van der Waals surface area contributed by atoms with Gasteiger partial charge in [-0.25, -0.2) is 0 Å². The molecule has 4 rings (SSSR count). The minimum atomic E-state index is 0.0628. The van der Waals surface area contributed by atoms with Gasteiger partial charge in [0.05, 0.1) is 5.75 Å². The van der Waals surface area contributed by atoms with Crippen LogP contribution in [0.25, 0.3) is 11.5 Å². The molecular formula is C18H21N3O2S. The van der Waals surface area contributed by atoms with Gasteiger partial charge in [0.15, 0.2) is 0 Å². The van der Waals surface area contributed by atoms with Crippen LogP contribution in [0.3, 0.4) is 0 Å². The molecule has 3 atom stereocenters. The fraction of sp³-hybridized carbons (Fsp3) is 0.500. The third-order valence-corrected chi connectivity index (χ3v) is 5.90. The Morgan fingerprint density at radius 1 is 1.33 bits per heavy atom. The molecule has 2 bridgehead atoms. The number of aromatic nitrogens is 2. The van der Waals surface area contributed by atoms with E-state index in [4.69, 9.17) is 4.42 Å². The van der Waals surface area contributed by atoms with Crippen LogP contribution in [0.1, 0.15) is 31.2 Å². The lowest BCUT2D eigenvalue weighted by Crippen LogP contribution is -2.39. The Morgan fingerprint density at radius 2 is 2.25 bits per heavy atom. The first-order valence-electron chi connectivity index (χ1n) is 8.50. The maximum absolute atomic E-state index is 12.1. The zero-order chi connectivity index (χ0) is 16.5. The first kappa shape index (κ1) is 15.7. The molecule has 1 N–H and O–H groups in total. The van der Waals surface area contributed by atoms with Crippen molar-refractivity contribution < 1.29 is 9.21 Å². The van der Waals surface area contributed by atoms with Crippen molar-refractivity contribution >= 4 is 17.7 Å². The van der Waals surface area contributed by atoms with Crippen LogP contribution >= 0.6 is 11.8 Å². The van der Waals surface area contributed by atoms with E-state index in [0.29, 0.717) is 28.8 Å². The summed E-state index contributed by atoms with van der Waals surface area (Å²) in [5.74, 6) is 2.41. The second-order valence-corrected chi connectivity index (χ2v) is 7.81. The van der Waals surface area contributed by atoms with Gasteiger partial charge in [-0.15, -0.1) is 10.2 Å². The minimum absolute atomic E-state index is 0.0628. The van der Waals surface area contributed by atoms with Crippen LogP contribution in [0.2, 0.25) is 0 Å². The van der Waals surface area contributed by atoms with Crippen LogP contribution < -0.4 is 5.32 Å². The van der Waals surface area contributed by atoms with Crippen molar-refractivity contribution in [3.63, 3.8) is 0 Å². The average Bonchev–Trinajstić information content (AvgIpc) is 3.29. The van der Waals surface area contributed by atoms with E-state index >= 15 is 0 Å². The topological polar surface area (TPSA) is 68.0 Å². The molecule has 2 aliphatic rings. The van der Waals surface area contributed by atoms with Crippen LogP contribution in [0.15, 0.2) is 33.9 Å². The number of carbonyl (C=O) groups is 1. The van der Waals surface area contributed by atoms with Crippen molar-refractivity contribution in [1.29, 1.82) is 0 Å². The summed E-state index contributed by atoms with van der Waals surface area (Å²) < 4.78 is 5.66. The number of nitrogens with one attached hydrogen (secondary N) is 1. The monoisotopic (exact) mass is 343 g/mol. The van der Waals surface area contributed by atoms with E-state index in [1.54, 1.807) is 0 Å². The highest BCUT2D eigenvalue weighted by Gasteiger charge is 2.40. The third-order valence-electron chi connectivity index (χ3n) is 5.08. The van der Waals surface area contributed by atoms with Crippen LogP contribution in [-0.2, 0) is 4.79 Å². The zero-order valence-corrected chi connectivity index (χ0v) is 14.5. The van der Waals surface area contributed by atoms with Crippen molar-refractivity contribution in [2.24, 2.45) is 11.8 Å². The summed E-state index contributed by atoms with van der Waals surface area (Å²) in [5, 5.41) is 11.7. The summed E-state index contributed by atoms with van der Waals surface area (Å²) in [7, 11) is 0. The fourth-order valence-electron chi connectivity index (χ4n) is 3.96. The van der Waals surface area contributed by atoms with Crippen LogP contribution in [0.4, 0.5) is 0 Å². The van der Waals surface area contributed by atoms with Crippen molar-refractivity contribution in [1.82, 2.24) is 15.5 Å². The summed E-state index contributed by atoms with van der Waals surface area (Å²) in [6.45, 7) is 2.02. The fourth-order valence-corrected chi connectivity index (χ4v) is 4.53. The highest BCUT2D eigenvalue weighted by Crippen LogP contribution is 2.44. The second-order valence-electron chi connectivity index (χ2n) is 6.88. The molecule has 0 radical (unpaired) electrons. The number of hydrogen-bond donors (Lipinski definition) is 1. The molecule has 24 heavy (non-hydrogen) atoms. The maximum atomic E-state index is 12.1. The van der Waals surface area contributed by atoms with Crippen molar-refractivity contribution in [2.75, 3.05) is 5.75 Å². The summed E-state index contributed by atoms with van der Waals surface area (Å²) in [6, 6.07) is 8.31. The van der Waals surface area contributed by atoms with Gasteiger partial charge in [0.25, 0.3) is 5.22 Å². The molecule has 6 heteroatoms. The molecule has 2 aliphatic carbocycles. The summed E-state index contributed by atoms with van der Waals surface area (Å²) in [4.78, 5) is 12.1. The number of carbonyl (C=O) groups excluding carboxylic acids is 1. The summed E-state index contributed by atoms with van der Waals surface area (Å²) in [5.41, 5.74) is 2.05. The van der Waals surface area contributed by atoms with Gasteiger partial charge in [-0.1, -0.05) is 35.9 Å². The smallest absolute Gasteiger partial charge is 0.277 e. The minimum Gasteiger partial charge on any atom is -0.411 e. The number of benzene rings is 1. The van der Waals surface area contributed by atoms with Crippen molar-refractivity contribution in [2.45, 2.75) is 43.9 Å². The molecule has 2 aromatic rings. The Kier molecular flexibility index (Phi) is 4.31. The zero-order valence-electron chi connectivity index (χ0n) is 13.7. The molecule has 0 saturated heterocycles. The number of thioether (sulfide) groups is 1. The lowest BCUT2D eigenvalue weighted by molar-refractivity contribution is -0.119. The lowest BCUT2D eigenvalue weighted by atomic mass is 9.95. The molecule has 5 nitrogen and oxygen atoms in total. The van der Waals surface area contributed by atoms with Crippen LogP contribution in [0, 0.1) is 18.8 Å². The van der Waals surface area contributed by atoms with E-state index in [1.807, 2.05) is 31.2 Å². The van der Waals surface area contributed by atoms with E-state index < -0.39 is 0 Å². The molecule has 2 fully saturated rings. The number of fused-ring (bicyclic) bond motifs is 2. The van der Waals surface area contributed by atoms with Gasteiger partial charge in [0.2, 0.25) is 11.8 Å². The SMILES string of the molecule is Cc1cccc(-c2nnc(SCC(=O)N[C@@H]3C[C@H]4CC[C@H]3C4)o2)c1. The first-order chi connectivity index (χ1) is 11.7. The second kappa shape index (κ2) is 6.59. The summed E-state index contributed by atoms with van der Waals surface area (Å²) in [6.07, 6.45) is 5.06. The molecular weight excluding hydrogens is 322 g/mol. The van der Waals surface area contributed by atoms with E-state index in [9.17, 15) is 4.79 Å². The van der Waals surface area contributed by atoms with Gasteiger partial charge >= 0.3 is 0 Å². The van der Waals surface area contributed by atoms with Gasteiger partial charge in [-0.05, 0) is 50.2 Å². The third kappa shape index (κ3) is 3.34. The largest absolute Gasteiger partial charge is 0.411 e. The normalized spacial score (nSPS) is 25.1. The molecule has 0 unspecified atom stereocenters. The first-order valence-corrected chi connectivity index (χ1v) is 9.48. The number of nitrogens with zero attached hydrogens (tertiary/aromatic N) is 2. The van der Waals surface area contributed by atoms with Crippen LogP contribution in [-0.4, -0.2) is 27.9 Å². The standard InChI is InChI=1S/C18H21N3O2S/c1-11-3-2-4-14(7-11)17-20-21-18(23-17)24-10-16(22)19-15-9-12-5-6-13(15)8-12/h2-4,7,12-13,15H,5-6,8-10H2,1H3,(H,19,22)/t12-,13-,15+/m0/s1. The van der Waals surface area contributed by atoms with Gasteiger partial charge < -0.3 is 9.73 Å². The Hall–Kier alpha value is -1.82. The Morgan fingerprint density at radius 3 is 3.00 bits per heavy atom. The Balaban J connectivity index is 1.31. The molecule has 1 aromatic carbocycles. The molecule has 0 spiro atoms. The highest BCUT2D eigenvalue weighted by molar-refractivity contribution is 7.99. The lowest BCUT2D eigenvalue weighted by Gasteiger charge is -2.22. The number of aryl methyl sites for hydroxylation is 1.